The van der Waals surface area contributed by atoms with Crippen LogP contribution >= 0.6 is 0 Å². The summed E-state index contributed by atoms with van der Waals surface area (Å²) in [5, 5.41) is 15.0. The van der Waals surface area contributed by atoms with Crippen molar-refractivity contribution < 1.29 is 23.1 Å². The number of anilines is 3. The number of aryl methyl sites for hydroxylation is 1. The van der Waals surface area contributed by atoms with Gasteiger partial charge >= 0.3 is 0 Å². The average molecular weight is 550 g/mol. The molecule has 11 heteroatoms. The maximum Gasteiger partial charge on any atom is 0.238 e. The number of aliphatic hydroxyl groups is 1. The van der Waals surface area contributed by atoms with Gasteiger partial charge in [0.25, 0.3) is 0 Å². The first-order valence-corrected chi connectivity index (χ1v) is 13.8. The van der Waals surface area contributed by atoms with Crippen LogP contribution in [0, 0.1) is 0 Å². The van der Waals surface area contributed by atoms with Crippen molar-refractivity contribution >= 4 is 44.0 Å². The van der Waals surface area contributed by atoms with Crippen molar-refractivity contribution in [2.75, 3.05) is 45.0 Å². The minimum atomic E-state index is -4.18. The van der Waals surface area contributed by atoms with Crippen molar-refractivity contribution in [3.63, 3.8) is 0 Å². The van der Waals surface area contributed by atoms with E-state index in [0.717, 1.165) is 5.56 Å². The second-order valence-corrected chi connectivity index (χ2v) is 11.0. The molecule has 3 aromatic carbocycles. The van der Waals surface area contributed by atoms with E-state index in [1.807, 2.05) is 6.07 Å². The molecule has 0 spiro atoms. The molecule has 0 atom stereocenters. The fourth-order valence-electron chi connectivity index (χ4n) is 4.01. The first-order chi connectivity index (χ1) is 18.7. The number of amides is 1. The van der Waals surface area contributed by atoms with Crippen LogP contribution in [0.25, 0.3) is 11.0 Å². The smallest absolute Gasteiger partial charge is 0.238 e. The van der Waals surface area contributed by atoms with E-state index in [1.54, 1.807) is 74.6 Å². The molecule has 1 heterocycles. The van der Waals surface area contributed by atoms with E-state index >= 15 is 0 Å². The van der Waals surface area contributed by atoms with Crippen molar-refractivity contribution in [2.24, 2.45) is 0 Å². The third kappa shape index (κ3) is 6.69. The molecule has 0 bridgehead atoms. The van der Waals surface area contributed by atoms with Gasteiger partial charge in [-0.2, -0.15) is 0 Å². The highest BCUT2D eigenvalue weighted by atomic mass is 32.2. The molecule has 0 aliphatic heterocycles. The van der Waals surface area contributed by atoms with Crippen LogP contribution in [0.4, 0.5) is 17.2 Å². The lowest BCUT2D eigenvalue weighted by Gasteiger charge is -2.16. The highest BCUT2D eigenvalue weighted by molar-refractivity contribution is 7.91. The number of carbonyl (C=O) groups is 1. The van der Waals surface area contributed by atoms with E-state index in [9.17, 15) is 18.3 Å². The predicted molar refractivity (Wildman–Crippen MR) is 150 cm³/mol. The zero-order valence-electron chi connectivity index (χ0n) is 22.0. The number of benzene rings is 3. The minimum Gasteiger partial charge on any atom is -0.497 e. The van der Waals surface area contributed by atoms with E-state index in [4.69, 9.17) is 4.74 Å². The van der Waals surface area contributed by atoms with Crippen LogP contribution in [0.2, 0.25) is 0 Å². The zero-order chi connectivity index (χ0) is 28.0. The molecule has 0 aliphatic rings. The Labute approximate surface area is 227 Å². The Balaban J connectivity index is 1.81. The first kappa shape index (κ1) is 28.0. The van der Waals surface area contributed by atoms with Gasteiger partial charge in [-0.3, -0.25) is 4.79 Å². The molecule has 4 aromatic rings. The molecule has 1 aromatic heterocycles. The Morgan fingerprint density at radius 1 is 1.00 bits per heavy atom. The van der Waals surface area contributed by atoms with Gasteiger partial charge in [0.15, 0.2) is 5.82 Å². The number of fused-ring (bicyclic) bond motifs is 1. The number of hydrogen-bond acceptors (Lipinski definition) is 9. The van der Waals surface area contributed by atoms with Gasteiger partial charge < -0.3 is 25.4 Å². The largest absolute Gasteiger partial charge is 0.497 e. The molecular formula is C28H31N5O5S. The summed E-state index contributed by atoms with van der Waals surface area (Å²) < 4.78 is 33.3. The van der Waals surface area contributed by atoms with Gasteiger partial charge in [-0.1, -0.05) is 24.3 Å². The van der Waals surface area contributed by atoms with Gasteiger partial charge in [0, 0.05) is 24.0 Å². The number of nitrogens with one attached hydrogen (secondary N) is 2. The van der Waals surface area contributed by atoms with Crippen molar-refractivity contribution in [3.8, 4) is 5.75 Å². The Morgan fingerprint density at radius 2 is 1.74 bits per heavy atom. The second kappa shape index (κ2) is 12.2. The highest BCUT2D eigenvalue weighted by Crippen LogP contribution is 2.33. The Morgan fingerprint density at radius 3 is 2.44 bits per heavy atom. The molecule has 204 valence electrons. The van der Waals surface area contributed by atoms with Crippen molar-refractivity contribution in [3.05, 3.63) is 72.3 Å². The SMILES string of the molecule is COc1ccc(CCCO)c(Nc2nc3ccccc3nc2S(=O)(=O)c2cccc(NC(=O)CN(C)C)c2)c1. The number of rotatable bonds is 11. The summed E-state index contributed by atoms with van der Waals surface area (Å²) in [4.78, 5) is 23.1. The van der Waals surface area contributed by atoms with Gasteiger partial charge in [-0.05, 0) is 68.9 Å². The highest BCUT2D eigenvalue weighted by Gasteiger charge is 2.26. The molecule has 0 unspecified atom stereocenters. The predicted octanol–water partition coefficient (Wildman–Crippen LogP) is 3.64. The molecule has 0 radical (unpaired) electrons. The second-order valence-electron chi connectivity index (χ2n) is 9.16. The zero-order valence-corrected chi connectivity index (χ0v) is 22.8. The van der Waals surface area contributed by atoms with Crippen LogP contribution in [0.3, 0.4) is 0 Å². The van der Waals surface area contributed by atoms with E-state index < -0.39 is 9.84 Å². The van der Waals surface area contributed by atoms with Gasteiger partial charge in [0.05, 0.1) is 29.6 Å². The minimum absolute atomic E-state index is 0.0162. The molecule has 3 N–H and O–H groups in total. The van der Waals surface area contributed by atoms with E-state index in [2.05, 4.69) is 20.6 Å². The van der Waals surface area contributed by atoms with Crippen molar-refractivity contribution in [1.29, 1.82) is 0 Å². The van der Waals surface area contributed by atoms with Crippen LogP contribution in [-0.4, -0.2) is 68.7 Å². The van der Waals surface area contributed by atoms with E-state index in [0.29, 0.717) is 41.0 Å². The third-order valence-corrected chi connectivity index (χ3v) is 7.52. The number of methoxy groups -OCH3 is 1. The molecule has 39 heavy (non-hydrogen) atoms. The molecule has 0 aliphatic carbocycles. The number of nitrogens with zero attached hydrogens (tertiary/aromatic N) is 3. The third-order valence-electron chi connectivity index (χ3n) is 5.86. The standard InChI is InChI=1S/C28H31N5O5S/c1-33(2)18-26(35)29-20-9-6-10-22(16-20)39(36,37)28-27(30-23-11-4-5-12-24(23)32-28)31-25-17-21(38-3)14-13-19(25)8-7-15-34/h4-6,9-14,16-17,34H,7-8,15,18H2,1-3H3,(H,29,35)(H,30,31). The van der Waals surface area contributed by atoms with Gasteiger partial charge in [-0.15, -0.1) is 0 Å². The van der Waals surface area contributed by atoms with E-state index in [-0.39, 0.29) is 34.8 Å². The Bertz CT molecular complexity index is 1590. The topological polar surface area (TPSA) is 134 Å². The van der Waals surface area contributed by atoms with Crippen LogP contribution in [0.15, 0.2) is 76.7 Å². The fourth-order valence-corrected chi connectivity index (χ4v) is 5.34. The van der Waals surface area contributed by atoms with Crippen LogP contribution in [0.5, 0.6) is 5.75 Å². The number of para-hydroxylation sites is 2. The molecule has 0 fully saturated rings. The summed E-state index contributed by atoms with van der Waals surface area (Å²) in [6.07, 6.45) is 1.09. The maximum absolute atomic E-state index is 14.0. The number of aromatic nitrogens is 2. The van der Waals surface area contributed by atoms with Crippen LogP contribution < -0.4 is 15.4 Å². The number of likely N-dealkylation sites (N-methyl/N-ethyl adjacent to an activating group) is 1. The lowest BCUT2D eigenvalue weighted by atomic mass is 10.1. The normalized spacial score (nSPS) is 11.5. The molecule has 4 rings (SSSR count). The number of hydrogen-bond donors (Lipinski definition) is 3. The van der Waals surface area contributed by atoms with Gasteiger partial charge in [0.1, 0.15) is 5.75 Å². The first-order valence-electron chi connectivity index (χ1n) is 12.3. The maximum atomic E-state index is 14.0. The lowest BCUT2D eigenvalue weighted by molar-refractivity contribution is -0.116. The Hall–Kier alpha value is -4.06. The quantitative estimate of drug-likeness (QED) is 0.256. The van der Waals surface area contributed by atoms with Gasteiger partial charge in [-0.25, -0.2) is 18.4 Å². The molecule has 0 saturated heterocycles. The van der Waals surface area contributed by atoms with Gasteiger partial charge in [0.2, 0.25) is 20.8 Å². The molecule has 1 amide bonds. The number of carbonyl (C=O) groups excluding carboxylic acids is 1. The van der Waals surface area contributed by atoms with Crippen LogP contribution in [0.1, 0.15) is 12.0 Å². The van der Waals surface area contributed by atoms with Crippen molar-refractivity contribution in [2.45, 2.75) is 22.8 Å². The fraction of sp³-hybridized carbons (Fsp3) is 0.250. The lowest BCUT2D eigenvalue weighted by Crippen LogP contribution is -2.27. The molecular weight excluding hydrogens is 518 g/mol. The summed E-state index contributed by atoms with van der Waals surface area (Å²) >= 11 is 0. The summed E-state index contributed by atoms with van der Waals surface area (Å²) in [6.45, 7) is 0.169. The summed E-state index contributed by atoms with van der Waals surface area (Å²) in [7, 11) is 0.905. The van der Waals surface area contributed by atoms with E-state index in [1.165, 1.54) is 12.1 Å². The summed E-state index contributed by atoms with van der Waals surface area (Å²) in [6, 6.07) is 18.5. The van der Waals surface area contributed by atoms with Crippen molar-refractivity contribution in [1.82, 2.24) is 14.9 Å². The Kier molecular flexibility index (Phi) is 8.75. The summed E-state index contributed by atoms with van der Waals surface area (Å²) in [5.41, 5.74) is 2.74. The number of aliphatic hydroxyl groups excluding tert-OH is 1. The molecule has 10 nitrogen and oxygen atoms in total. The average Bonchev–Trinajstić information content (AvgIpc) is 2.91. The molecule has 0 saturated carbocycles. The van der Waals surface area contributed by atoms with Crippen LogP contribution in [-0.2, 0) is 21.1 Å². The monoisotopic (exact) mass is 549 g/mol. The summed E-state index contributed by atoms with van der Waals surface area (Å²) in [5.74, 6) is 0.356. The number of ether oxygens (including phenoxy) is 1. The number of sulfone groups is 1.